The minimum absolute atomic E-state index is 0.0919. The van der Waals surface area contributed by atoms with Gasteiger partial charge in [-0.15, -0.1) is 0 Å². The Balaban J connectivity index is 2.66. The number of amides is 1. The van der Waals surface area contributed by atoms with Crippen LogP contribution < -0.4 is 16.4 Å². The van der Waals surface area contributed by atoms with Crippen LogP contribution in [-0.2, 0) is 11.2 Å². The molecule has 0 radical (unpaired) electrons. The molecule has 5 nitrogen and oxygen atoms in total. The number of thiol groups is 1. The average Bonchev–Trinajstić information content (AvgIpc) is 2.61. The molecule has 0 aliphatic heterocycles. The molecule has 4 atom stereocenters. The molecule has 0 aliphatic carbocycles. The van der Waals surface area contributed by atoms with Gasteiger partial charge in [0.15, 0.2) is 0 Å². The molecule has 1 rings (SSSR count). The van der Waals surface area contributed by atoms with Crippen molar-refractivity contribution in [3.8, 4) is 0 Å². The fourth-order valence-corrected chi connectivity index (χ4v) is 2.61. The van der Waals surface area contributed by atoms with Crippen LogP contribution in [0.2, 0.25) is 0 Å². The van der Waals surface area contributed by atoms with Crippen LogP contribution in [0.5, 0.6) is 0 Å². The van der Waals surface area contributed by atoms with Gasteiger partial charge in [0.05, 0.1) is 18.7 Å². The summed E-state index contributed by atoms with van der Waals surface area (Å²) in [6.45, 7) is 4.53. The molecular weight excluding hydrogens is 322 g/mol. The fourth-order valence-electron chi connectivity index (χ4n) is 2.48. The Morgan fingerprint density at radius 3 is 2.54 bits per heavy atom. The Morgan fingerprint density at radius 1 is 1.33 bits per heavy atom. The van der Waals surface area contributed by atoms with Gasteiger partial charge in [-0.2, -0.15) is 12.6 Å². The molecule has 24 heavy (non-hydrogen) atoms. The molecule has 0 unspecified atom stereocenters. The van der Waals surface area contributed by atoms with Gasteiger partial charge in [0.2, 0.25) is 5.91 Å². The smallest absolute Gasteiger partial charge is 0.237 e. The number of aliphatic hydroxyl groups excluding tert-OH is 1. The van der Waals surface area contributed by atoms with E-state index >= 15 is 0 Å². The number of nitrogens with one attached hydrogen (secondary N) is 2. The lowest BCUT2D eigenvalue weighted by Gasteiger charge is -2.27. The van der Waals surface area contributed by atoms with Crippen molar-refractivity contribution in [1.29, 1.82) is 0 Å². The van der Waals surface area contributed by atoms with E-state index < -0.39 is 0 Å². The van der Waals surface area contributed by atoms with E-state index in [4.69, 9.17) is 5.73 Å². The van der Waals surface area contributed by atoms with Crippen molar-refractivity contribution in [3.63, 3.8) is 0 Å². The van der Waals surface area contributed by atoms with Gasteiger partial charge in [-0.25, -0.2) is 0 Å². The molecule has 5 N–H and O–H groups in total. The average molecular weight is 354 g/mol. The summed E-state index contributed by atoms with van der Waals surface area (Å²) in [5.74, 6) is 0.647. The maximum Gasteiger partial charge on any atom is 0.237 e. The van der Waals surface area contributed by atoms with Gasteiger partial charge >= 0.3 is 0 Å². The number of aliphatic hydroxyl groups is 1. The molecule has 0 spiro atoms. The lowest BCUT2D eigenvalue weighted by atomic mass is 9.97. The summed E-state index contributed by atoms with van der Waals surface area (Å²) in [6, 6.07) is 9.12. The van der Waals surface area contributed by atoms with Crippen LogP contribution >= 0.6 is 12.6 Å². The molecule has 0 aliphatic rings. The van der Waals surface area contributed by atoms with E-state index in [1.54, 1.807) is 0 Å². The number of nitrogens with two attached hydrogens (primary N) is 1. The maximum atomic E-state index is 12.7. The standard InChI is InChI=1S/C18H31N3O2S/c1-3-13(2)17(20-10-15(19)12-24)18(23)21-16(11-22)9-14-7-5-4-6-8-14/h4-8,13,15-17,20,22,24H,3,9-12,19H2,1-2H3,(H,21,23)/t13-,15+,16-,17-/m0/s1. The summed E-state index contributed by atoms with van der Waals surface area (Å²) in [7, 11) is 0. The molecule has 0 bridgehead atoms. The first kappa shape index (κ1) is 21.0. The van der Waals surface area contributed by atoms with Crippen molar-refractivity contribution >= 4 is 18.5 Å². The number of rotatable bonds is 11. The van der Waals surface area contributed by atoms with Gasteiger partial charge in [0, 0.05) is 18.3 Å². The monoisotopic (exact) mass is 353 g/mol. The topological polar surface area (TPSA) is 87.4 Å². The van der Waals surface area contributed by atoms with Crippen LogP contribution in [0.1, 0.15) is 25.8 Å². The van der Waals surface area contributed by atoms with Crippen LogP contribution in [0.3, 0.4) is 0 Å². The SMILES string of the molecule is CC[C@H](C)[C@H](NC[C@@H](N)CS)C(=O)N[C@H](CO)Cc1ccccc1. The Morgan fingerprint density at radius 2 is 2.00 bits per heavy atom. The molecule has 0 heterocycles. The zero-order chi connectivity index (χ0) is 17.9. The van der Waals surface area contributed by atoms with Gasteiger partial charge < -0.3 is 21.5 Å². The van der Waals surface area contributed by atoms with E-state index in [1.807, 2.05) is 37.3 Å². The van der Waals surface area contributed by atoms with Crippen molar-refractivity contribution in [3.05, 3.63) is 35.9 Å². The van der Waals surface area contributed by atoms with Crippen LogP contribution in [0, 0.1) is 5.92 Å². The second kappa shape index (κ2) is 11.5. The number of benzene rings is 1. The van der Waals surface area contributed by atoms with E-state index in [1.165, 1.54) is 0 Å². The van der Waals surface area contributed by atoms with E-state index in [2.05, 4.69) is 30.2 Å². The molecular formula is C18H31N3O2S. The molecule has 0 saturated heterocycles. The van der Waals surface area contributed by atoms with Gasteiger partial charge in [0.1, 0.15) is 0 Å². The van der Waals surface area contributed by atoms with E-state index in [0.717, 1.165) is 12.0 Å². The summed E-state index contributed by atoms with van der Waals surface area (Å²) in [4.78, 5) is 12.7. The predicted molar refractivity (Wildman–Crippen MR) is 102 cm³/mol. The fraction of sp³-hybridized carbons (Fsp3) is 0.611. The van der Waals surface area contributed by atoms with Crippen molar-refractivity contribution < 1.29 is 9.90 Å². The van der Waals surface area contributed by atoms with Crippen LogP contribution in [0.4, 0.5) is 0 Å². The lowest BCUT2D eigenvalue weighted by Crippen LogP contribution is -2.54. The van der Waals surface area contributed by atoms with Gasteiger partial charge in [-0.3, -0.25) is 4.79 Å². The van der Waals surface area contributed by atoms with Crippen molar-refractivity contribution in [1.82, 2.24) is 10.6 Å². The summed E-state index contributed by atoms with van der Waals surface area (Å²) < 4.78 is 0. The van der Waals surface area contributed by atoms with E-state index in [0.29, 0.717) is 18.7 Å². The van der Waals surface area contributed by atoms with Crippen LogP contribution in [-0.4, -0.2) is 48.0 Å². The van der Waals surface area contributed by atoms with Gasteiger partial charge in [-0.1, -0.05) is 50.6 Å². The first-order valence-corrected chi connectivity index (χ1v) is 9.20. The highest BCUT2D eigenvalue weighted by molar-refractivity contribution is 7.80. The second-order valence-corrected chi connectivity index (χ2v) is 6.66. The van der Waals surface area contributed by atoms with Gasteiger partial charge in [-0.05, 0) is 17.9 Å². The highest BCUT2D eigenvalue weighted by Gasteiger charge is 2.25. The summed E-state index contributed by atoms with van der Waals surface area (Å²) in [6.07, 6.45) is 1.48. The van der Waals surface area contributed by atoms with Gasteiger partial charge in [0.25, 0.3) is 0 Å². The Kier molecular flexibility index (Phi) is 10.0. The van der Waals surface area contributed by atoms with Crippen LogP contribution in [0.15, 0.2) is 30.3 Å². The molecule has 1 aromatic carbocycles. The first-order valence-electron chi connectivity index (χ1n) is 8.56. The number of carbonyl (C=O) groups is 1. The van der Waals surface area contributed by atoms with Crippen molar-refractivity contribution in [2.75, 3.05) is 18.9 Å². The van der Waals surface area contributed by atoms with Crippen molar-refractivity contribution in [2.24, 2.45) is 11.7 Å². The normalized spacial score (nSPS) is 16.2. The maximum absolute atomic E-state index is 12.7. The third-order valence-electron chi connectivity index (χ3n) is 4.22. The Labute approximate surface area is 150 Å². The van der Waals surface area contributed by atoms with Crippen molar-refractivity contribution in [2.45, 2.75) is 44.8 Å². The molecule has 0 aromatic heterocycles. The van der Waals surface area contributed by atoms with Crippen LogP contribution in [0.25, 0.3) is 0 Å². The number of hydrogen-bond donors (Lipinski definition) is 5. The quantitative estimate of drug-likeness (QED) is 0.384. The number of hydrogen-bond acceptors (Lipinski definition) is 5. The molecule has 0 saturated carbocycles. The zero-order valence-corrected chi connectivity index (χ0v) is 15.5. The lowest BCUT2D eigenvalue weighted by molar-refractivity contribution is -0.125. The van der Waals surface area contributed by atoms with E-state index in [-0.39, 0.29) is 36.6 Å². The summed E-state index contributed by atoms with van der Waals surface area (Å²) in [5.41, 5.74) is 6.97. The largest absolute Gasteiger partial charge is 0.394 e. The third kappa shape index (κ3) is 7.21. The Hall–Kier alpha value is -1.08. The highest BCUT2D eigenvalue weighted by Crippen LogP contribution is 2.09. The molecule has 1 amide bonds. The minimum atomic E-state index is -0.328. The predicted octanol–water partition coefficient (Wildman–Crippen LogP) is 0.968. The Bertz CT molecular complexity index is 473. The summed E-state index contributed by atoms with van der Waals surface area (Å²) in [5, 5.41) is 15.8. The second-order valence-electron chi connectivity index (χ2n) is 6.29. The van der Waals surface area contributed by atoms with E-state index in [9.17, 15) is 9.90 Å². The molecule has 0 fully saturated rings. The minimum Gasteiger partial charge on any atom is -0.394 e. The number of carbonyl (C=O) groups excluding carboxylic acids is 1. The molecule has 136 valence electrons. The first-order chi connectivity index (χ1) is 11.5. The highest BCUT2D eigenvalue weighted by atomic mass is 32.1. The molecule has 1 aromatic rings. The third-order valence-corrected chi connectivity index (χ3v) is 4.69. The summed E-state index contributed by atoms with van der Waals surface area (Å²) >= 11 is 4.17. The molecule has 6 heteroatoms. The zero-order valence-electron chi connectivity index (χ0n) is 14.6.